The van der Waals surface area contributed by atoms with Gasteiger partial charge in [0, 0.05) is 13.5 Å². The van der Waals surface area contributed by atoms with Crippen LogP contribution in [0.4, 0.5) is 0 Å². The van der Waals surface area contributed by atoms with E-state index in [-0.39, 0.29) is 0 Å². The third-order valence-corrected chi connectivity index (χ3v) is 4.73. The molecule has 0 aliphatic carbocycles. The summed E-state index contributed by atoms with van der Waals surface area (Å²) in [5, 5.41) is 5.73. The number of aryl methyl sites for hydroxylation is 1. The highest BCUT2D eigenvalue weighted by atomic mass is 32.2. The predicted octanol–water partition coefficient (Wildman–Crippen LogP) is 3.24. The maximum absolute atomic E-state index is 5.12. The van der Waals surface area contributed by atoms with Crippen LogP contribution < -0.4 is 0 Å². The number of fused-ring (bicyclic) bond motifs is 1. The van der Waals surface area contributed by atoms with E-state index in [9.17, 15) is 0 Å². The molecule has 2 heterocycles. The minimum absolute atomic E-state index is 0.635. The second-order valence-electron chi connectivity index (χ2n) is 4.92. The summed E-state index contributed by atoms with van der Waals surface area (Å²) in [5.41, 5.74) is 2.08. The smallest absolute Gasteiger partial charge is 0.153 e. The number of benzene rings is 1. The summed E-state index contributed by atoms with van der Waals surface area (Å²) in [7, 11) is 1.69. The molecule has 116 valence electrons. The molecule has 0 amide bonds. The van der Waals surface area contributed by atoms with Crippen molar-refractivity contribution in [3.63, 3.8) is 0 Å². The minimum atomic E-state index is 0.635. The van der Waals surface area contributed by atoms with Gasteiger partial charge < -0.3 is 4.74 Å². The molecule has 5 nitrogen and oxygen atoms in total. The molecular weight excluding hydrogens is 316 g/mol. The van der Waals surface area contributed by atoms with Crippen LogP contribution in [0, 0.1) is 6.92 Å². The van der Waals surface area contributed by atoms with E-state index < -0.39 is 0 Å². The molecule has 1 aromatic carbocycles. The van der Waals surface area contributed by atoms with Crippen molar-refractivity contribution in [3.8, 4) is 5.69 Å². The van der Waals surface area contributed by atoms with Crippen LogP contribution in [-0.4, -0.2) is 39.7 Å². The lowest BCUT2D eigenvalue weighted by molar-refractivity contribution is 0.200. The topological polar surface area (TPSA) is 52.8 Å². The predicted molar refractivity (Wildman–Crippen MR) is 92.1 cm³/mol. The molecule has 0 atom stereocenters. The van der Waals surface area contributed by atoms with Crippen LogP contribution in [0.15, 0.2) is 18.2 Å². The second kappa shape index (κ2) is 6.76. The van der Waals surface area contributed by atoms with Gasteiger partial charge in [-0.05, 0) is 31.4 Å². The van der Waals surface area contributed by atoms with E-state index in [1.54, 1.807) is 30.2 Å². The molecule has 3 aromatic rings. The van der Waals surface area contributed by atoms with Crippen LogP contribution in [0.3, 0.4) is 0 Å². The fraction of sp³-hybridized carbons (Fsp3) is 0.400. The molecule has 0 saturated heterocycles. The summed E-state index contributed by atoms with van der Waals surface area (Å²) < 4.78 is 8.24. The number of rotatable bonds is 6. The van der Waals surface area contributed by atoms with Gasteiger partial charge in [-0.3, -0.25) is 0 Å². The van der Waals surface area contributed by atoms with Crippen molar-refractivity contribution >= 4 is 33.3 Å². The third-order valence-electron chi connectivity index (χ3n) is 3.24. The second-order valence-corrected chi connectivity index (χ2v) is 7.02. The molecular formula is C15H18N4OS2. The van der Waals surface area contributed by atoms with E-state index in [0.717, 1.165) is 40.0 Å². The Morgan fingerprint density at radius 3 is 2.95 bits per heavy atom. The Balaban J connectivity index is 2.01. The molecule has 0 saturated carbocycles. The Bertz CT molecular complexity index is 781. The molecule has 0 aliphatic heterocycles. The SMILES string of the molecule is COCCc1nc(CSC)n(-c2ccc3nc(C)sc3c2)n1. The maximum Gasteiger partial charge on any atom is 0.153 e. The largest absolute Gasteiger partial charge is 0.384 e. The van der Waals surface area contributed by atoms with E-state index in [2.05, 4.69) is 33.5 Å². The van der Waals surface area contributed by atoms with Crippen molar-refractivity contribution < 1.29 is 4.74 Å². The van der Waals surface area contributed by atoms with Gasteiger partial charge in [0.05, 0.1) is 33.3 Å². The average molecular weight is 334 g/mol. The first kappa shape index (κ1) is 15.5. The molecule has 0 radical (unpaired) electrons. The molecule has 0 unspecified atom stereocenters. The van der Waals surface area contributed by atoms with Crippen LogP contribution in [0.2, 0.25) is 0 Å². The van der Waals surface area contributed by atoms with Crippen molar-refractivity contribution in [1.82, 2.24) is 19.7 Å². The Kier molecular flexibility index (Phi) is 4.75. The Labute approximate surface area is 137 Å². The first-order chi connectivity index (χ1) is 10.7. The number of thiazole rings is 1. The first-order valence-electron chi connectivity index (χ1n) is 7.01. The Morgan fingerprint density at radius 2 is 2.18 bits per heavy atom. The highest BCUT2D eigenvalue weighted by Gasteiger charge is 2.12. The van der Waals surface area contributed by atoms with Crippen molar-refractivity contribution in [1.29, 1.82) is 0 Å². The van der Waals surface area contributed by atoms with Gasteiger partial charge in [-0.15, -0.1) is 11.3 Å². The zero-order chi connectivity index (χ0) is 15.5. The summed E-state index contributed by atoms with van der Waals surface area (Å²) in [6.07, 6.45) is 2.80. The monoisotopic (exact) mass is 334 g/mol. The molecule has 0 bridgehead atoms. The van der Waals surface area contributed by atoms with Gasteiger partial charge in [0.2, 0.25) is 0 Å². The molecule has 7 heteroatoms. The number of thioether (sulfide) groups is 1. The van der Waals surface area contributed by atoms with Crippen LogP contribution >= 0.6 is 23.1 Å². The lowest BCUT2D eigenvalue weighted by Gasteiger charge is -2.04. The highest BCUT2D eigenvalue weighted by molar-refractivity contribution is 7.97. The maximum atomic E-state index is 5.12. The zero-order valence-electron chi connectivity index (χ0n) is 12.9. The van der Waals surface area contributed by atoms with E-state index >= 15 is 0 Å². The van der Waals surface area contributed by atoms with Gasteiger partial charge in [0.25, 0.3) is 0 Å². The van der Waals surface area contributed by atoms with Crippen molar-refractivity contribution in [2.45, 2.75) is 19.1 Å². The molecule has 0 aliphatic rings. The number of methoxy groups -OCH3 is 1. The Hall–Kier alpha value is -1.44. The van der Waals surface area contributed by atoms with E-state index in [0.29, 0.717) is 6.61 Å². The number of nitrogens with zero attached hydrogens (tertiary/aromatic N) is 4. The van der Waals surface area contributed by atoms with Gasteiger partial charge in [-0.1, -0.05) is 0 Å². The molecule has 0 spiro atoms. The molecule has 3 rings (SSSR count). The van der Waals surface area contributed by atoms with Crippen LogP contribution in [0.1, 0.15) is 16.7 Å². The fourth-order valence-electron chi connectivity index (χ4n) is 2.28. The Morgan fingerprint density at radius 1 is 1.32 bits per heavy atom. The van der Waals surface area contributed by atoms with Gasteiger partial charge >= 0.3 is 0 Å². The van der Waals surface area contributed by atoms with Gasteiger partial charge in [-0.2, -0.15) is 16.9 Å². The molecule has 22 heavy (non-hydrogen) atoms. The summed E-state index contributed by atoms with van der Waals surface area (Å²) in [6, 6.07) is 6.24. The van der Waals surface area contributed by atoms with Crippen molar-refractivity contribution in [2.75, 3.05) is 20.0 Å². The van der Waals surface area contributed by atoms with E-state index in [4.69, 9.17) is 4.74 Å². The average Bonchev–Trinajstić information content (AvgIpc) is 3.07. The molecule has 0 N–H and O–H groups in total. The van der Waals surface area contributed by atoms with Crippen LogP contribution in [0.25, 0.3) is 15.9 Å². The number of hydrogen-bond donors (Lipinski definition) is 0. The quantitative estimate of drug-likeness (QED) is 0.693. The lowest BCUT2D eigenvalue weighted by Crippen LogP contribution is -2.02. The first-order valence-corrected chi connectivity index (χ1v) is 9.22. The molecule has 0 fully saturated rings. The van der Waals surface area contributed by atoms with E-state index in [1.807, 2.05) is 17.7 Å². The minimum Gasteiger partial charge on any atom is -0.384 e. The summed E-state index contributed by atoms with van der Waals surface area (Å²) >= 11 is 3.45. The zero-order valence-corrected chi connectivity index (χ0v) is 14.5. The lowest BCUT2D eigenvalue weighted by atomic mass is 10.3. The normalized spacial score (nSPS) is 11.4. The summed E-state index contributed by atoms with van der Waals surface area (Å²) in [6.45, 7) is 2.66. The van der Waals surface area contributed by atoms with Gasteiger partial charge in [0.15, 0.2) is 5.82 Å². The number of hydrogen-bond acceptors (Lipinski definition) is 6. The van der Waals surface area contributed by atoms with Gasteiger partial charge in [-0.25, -0.2) is 14.6 Å². The van der Waals surface area contributed by atoms with Crippen molar-refractivity contribution in [2.24, 2.45) is 0 Å². The van der Waals surface area contributed by atoms with Crippen LogP contribution in [-0.2, 0) is 16.9 Å². The fourth-order valence-corrected chi connectivity index (χ4v) is 3.59. The summed E-state index contributed by atoms with van der Waals surface area (Å²) in [4.78, 5) is 9.14. The molecule has 2 aromatic heterocycles. The number of ether oxygens (including phenoxy) is 1. The van der Waals surface area contributed by atoms with Crippen molar-refractivity contribution in [3.05, 3.63) is 34.9 Å². The third kappa shape index (κ3) is 3.16. The highest BCUT2D eigenvalue weighted by Crippen LogP contribution is 2.25. The van der Waals surface area contributed by atoms with Gasteiger partial charge in [0.1, 0.15) is 5.82 Å². The van der Waals surface area contributed by atoms with E-state index in [1.165, 1.54) is 4.70 Å². The number of aromatic nitrogens is 4. The van der Waals surface area contributed by atoms with Crippen LogP contribution in [0.5, 0.6) is 0 Å². The standard InChI is InChI=1S/C15H18N4OS2/c1-10-16-12-5-4-11(8-13(12)22-10)19-15(9-21-3)17-14(18-19)6-7-20-2/h4-5,8H,6-7,9H2,1-3H3. The summed E-state index contributed by atoms with van der Waals surface area (Å²) in [5.74, 6) is 2.63.